The number of amides is 3. The van der Waals surface area contributed by atoms with Gasteiger partial charge in [0.2, 0.25) is 5.91 Å². The molecule has 0 unspecified atom stereocenters. The highest BCUT2D eigenvalue weighted by Gasteiger charge is 2.21. The summed E-state index contributed by atoms with van der Waals surface area (Å²) in [5.41, 5.74) is 2.40. The first-order chi connectivity index (χ1) is 9.95. The summed E-state index contributed by atoms with van der Waals surface area (Å²) in [6.45, 7) is 7.18. The molecule has 1 aromatic carbocycles. The van der Waals surface area contributed by atoms with Gasteiger partial charge in [-0.05, 0) is 43.4 Å². The predicted molar refractivity (Wildman–Crippen MR) is 84.5 cm³/mol. The minimum Gasteiger partial charge on any atom is -0.326 e. The third kappa shape index (κ3) is 4.21. The number of aryl methyl sites for hydroxylation is 1. The van der Waals surface area contributed by atoms with Crippen molar-refractivity contribution in [3.8, 4) is 0 Å². The van der Waals surface area contributed by atoms with Crippen molar-refractivity contribution in [2.75, 3.05) is 23.7 Å². The highest BCUT2D eigenvalue weighted by atomic mass is 16.2. The molecule has 1 atom stereocenters. The van der Waals surface area contributed by atoms with Gasteiger partial charge in [-0.2, -0.15) is 0 Å². The molecule has 1 saturated heterocycles. The van der Waals surface area contributed by atoms with Gasteiger partial charge >= 0.3 is 6.03 Å². The molecule has 0 spiro atoms. The lowest BCUT2D eigenvalue weighted by Gasteiger charge is -2.31. The van der Waals surface area contributed by atoms with E-state index in [2.05, 4.69) is 17.6 Å². The van der Waals surface area contributed by atoms with Gasteiger partial charge in [0, 0.05) is 31.4 Å². The SMILES string of the molecule is CC(=O)Nc1ccc(C)c(NC(=O)N2CCC[C@@H](C)C2)c1. The summed E-state index contributed by atoms with van der Waals surface area (Å²) in [5, 5.41) is 5.68. The van der Waals surface area contributed by atoms with Crippen LogP contribution in [0.2, 0.25) is 0 Å². The lowest BCUT2D eigenvalue weighted by Crippen LogP contribution is -2.41. The highest BCUT2D eigenvalue weighted by Crippen LogP contribution is 2.22. The fourth-order valence-electron chi connectivity index (χ4n) is 2.61. The summed E-state index contributed by atoms with van der Waals surface area (Å²) in [5.74, 6) is 0.428. The second kappa shape index (κ2) is 6.61. The number of urea groups is 1. The Morgan fingerprint density at radius 2 is 2.05 bits per heavy atom. The zero-order valence-corrected chi connectivity index (χ0v) is 12.9. The minimum absolute atomic E-state index is 0.0652. The van der Waals surface area contributed by atoms with Gasteiger partial charge in [0.25, 0.3) is 0 Å². The number of carbonyl (C=O) groups excluding carboxylic acids is 2. The Kier molecular flexibility index (Phi) is 4.83. The van der Waals surface area contributed by atoms with Crippen molar-refractivity contribution < 1.29 is 9.59 Å². The smallest absolute Gasteiger partial charge is 0.321 e. The molecule has 1 aliphatic rings. The fourth-order valence-corrected chi connectivity index (χ4v) is 2.61. The molecule has 3 amide bonds. The topological polar surface area (TPSA) is 61.4 Å². The van der Waals surface area contributed by atoms with Gasteiger partial charge < -0.3 is 15.5 Å². The Bertz CT molecular complexity index is 542. The number of nitrogens with one attached hydrogen (secondary N) is 2. The number of anilines is 2. The quantitative estimate of drug-likeness (QED) is 0.878. The van der Waals surface area contributed by atoms with Crippen LogP contribution in [0.15, 0.2) is 18.2 Å². The van der Waals surface area contributed by atoms with E-state index >= 15 is 0 Å². The average Bonchev–Trinajstić information content (AvgIpc) is 2.42. The van der Waals surface area contributed by atoms with E-state index < -0.39 is 0 Å². The molecule has 0 aliphatic carbocycles. The maximum absolute atomic E-state index is 12.3. The number of nitrogens with zero attached hydrogens (tertiary/aromatic N) is 1. The molecule has 0 radical (unpaired) electrons. The van der Waals surface area contributed by atoms with Crippen LogP contribution in [0.3, 0.4) is 0 Å². The molecule has 1 heterocycles. The van der Waals surface area contributed by atoms with Gasteiger partial charge in [-0.3, -0.25) is 4.79 Å². The van der Waals surface area contributed by atoms with Gasteiger partial charge in [-0.25, -0.2) is 4.79 Å². The van der Waals surface area contributed by atoms with E-state index in [1.807, 2.05) is 24.0 Å². The zero-order chi connectivity index (χ0) is 15.4. The first-order valence-electron chi connectivity index (χ1n) is 7.40. The van der Waals surface area contributed by atoms with Crippen molar-refractivity contribution in [2.45, 2.75) is 33.6 Å². The standard InChI is InChI=1S/C16H23N3O2/c1-11-5-4-8-19(10-11)16(21)18-15-9-14(17-13(3)20)7-6-12(15)2/h6-7,9,11H,4-5,8,10H2,1-3H3,(H,17,20)(H,18,21)/t11-/m1/s1. The maximum Gasteiger partial charge on any atom is 0.321 e. The third-order valence-corrected chi connectivity index (χ3v) is 3.74. The van der Waals surface area contributed by atoms with E-state index in [9.17, 15) is 9.59 Å². The molecular formula is C16H23N3O2. The monoisotopic (exact) mass is 289 g/mol. The number of rotatable bonds is 2. The Balaban J connectivity index is 2.07. The molecule has 1 aromatic rings. The number of piperidine rings is 1. The number of hydrogen-bond acceptors (Lipinski definition) is 2. The van der Waals surface area contributed by atoms with Crippen molar-refractivity contribution in [1.82, 2.24) is 4.90 Å². The second-order valence-electron chi connectivity index (χ2n) is 5.83. The van der Waals surface area contributed by atoms with Crippen LogP contribution in [0.5, 0.6) is 0 Å². The van der Waals surface area contributed by atoms with E-state index in [0.717, 1.165) is 30.8 Å². The molecule has 0 bridgehead atoms. The lowest BCUT2D eigenvalue weighted by molar-refractivity contribution is -0.114. The van der Waals surface area contributed by atoms with Gasteiger partial charge in [-0.15, -0.1) is 0 Å². The summed E-state index contributed by atoms with van der Waals surface area (Å²) in [4.78, 5) is 25.3. The molecule has 5 heteroatoms. The molecule has 114 valence electrons. The van der Waals surface area contributed by atoms with Crippen molar-refractivity contribution in [1.29, 1.82) is 0 Å². The number of likely N-dealkylation sites (tertiary alicyclic amines) is 1. The van der Waals surface area contributed by atoms with Crippen molar-refractivity contribution >= 4 is 23.3 Å². The Hall–Kier alpha value is -2.04. The molecule has 1 fully saturated rings. The van der Waals surface area contributed by atoms with E-state index in [4.69, 9.17) is 0 Å². The van der Waals surface area contributed by atoms with E-state index in [1.54, 1.807) is 6.07 Å². The number of benzene rings is 1. The Labute approximate surface area is 125 Å². The van der Waals surface area contributed by atoms with Crippen LogP contribution in [0.25, 0.3) is 0 Å². The van der Waals surface area contributed by atoms with Crippen LogP contribution in [0, 0.1) is 12.8 Å². The van der Waals surface area contributed by atoms with Crippen LogP contribution in [0.1, 0.15) is 32.3 Å². The minimum atomic E-state index is -0.124. The first-order valence-corrected chi connectivity index (χ1v) is 7.40. The van der Waals surface area contributed by atoms with E-state index in [-0.39, 0.29) is 11.9 Å². The van der Waals surface area contributed by atoms with Crippen LogP contribution in [0.4, 0.5) is 16.2 Å². The lowest BCUT2D eigenvalue weighted by atomic mass is 10.0. The Morgan fingerprint density at radius 1 is 1.29 bits per heavy atom. The van der Waals surface area contributed by atoms with Gasteiger partial charge in [-0.1, -0.05) is 13.0 Å². The second-order valence-corrected chi connectivity index (χ2v) is 5.83. The highest BCUT2D eigenvalue weighted by molar-refractivity contribution is 5.93. The van der Waals surface area contributed by atoms with Gasteiger partial charge in [0.1, 0.15) is 0 Å². The molecule has 0 saturated carbocycles. The van der Waals surface area contributed by atoms with Crippen LogP contribution < -0.4 is 10.6 Å². The van der Waals surface area contributed by atoms with E-state index in [1.165, 1.54) is 13.3 Å². The van der Waals surface area contributed by atoms with Crippen LogP contribution >= 0.6 is 0 Å². The zero-order valence-electron chi connectivity index (χ0n) is 12.9. The van der Waals surface area contributed by atoms with Gasteiger partial charge in [0.15, 0.2) is 0 Å². The molecule has 1 aliphatic heterocycles. The summed E-state index contributed by atoms with van der Waals surface area (Å²) in [6.07, 6.45) is 2.24. The molecular weight excluding hydrogens is 266 g/mol. The van der Waals surface area contributed by atoms with Gasteiger partial charge in [0.05, 0.1) is 0 Å². The van der Waals surface area contributed by atoms with Crippen molar-refractivity contribution in [3.05, 3.63) is 23.8 Å². The van der Waals surface area contributed by atoms with Crippen molar-refractivity contribution in [2.24, 2.45) is 5.92 Å². The van der Waals surface area contributed by atoms with Crippen LogP contribution in [-0.4, -0.2) is 29.9 Å². The van der Waals surface area contributed by atoms with Crippen molar-refractivity contribution in [3.63, 3.8) is 0 Å². The summed E-state index contributed by atoms with van der Waals surface area (Å²) < 4.78 is 0. The summed E-state index contributed by atoms with van der Waals surface area (Å²) in [7, 11) is 0. The third-order valence-electron chi connectivity index (χ3n) is 3.74. The molecule has 0 aromatic heterocycles. The largest absolute Gasteiger partial charge is 0.326 e. The molecule has 21 heavy (non-hydrogen) atoms. The summed E-state index contributed by atoms with van der Waals surface area (Å²) >= 11 is 0. The summed E-state index contributed by atoms with van der Waals surface area (Å²) in [6, 6.07) is 5.45. The molecule has 2 N–H and O–H groups in total. The Morgan fingerprint density at radius 3 is 2.71 bits per heavy atom. The average molecular weight is 289 g/mol. The first kappa shape index (κ1) is 15.4. The maximum atomic E-state index is 12.3. The predicted octanol–water partition coefficient (Wildman–Crippen LogP) is 3.22. The molecule has 5 nitrogen and oxygen atoms in total. The normalized spacial score (nSPS) is 18.2. The number of hydrogen-bond donors (Lipinski definition) is 2. The van der Waals surface area contributed by atoms with Crippen LogP contribution in [-0.2, 0) is 4.79 Å². The fraction of sp³-hybridized carbons (Fsp3) is 0.500. The number of carbonyl (C=O) groups is 2. The molecule has 2 rings (SSSR count). The van der Waals surface area contributed by atoms with E-state index in [0.29, 0.717) is 11.6 Å².